The standard InChI is InChI=1S/C13H21NO/c1-9(2)12-7-11(5-6-13(12)14)8-15-10(3)4/h5-7,9-10H,8,14H2,1-4H3. The van der Waals surface area contributed by atoms with E-state index in [-0.39, 0.29) is 6.10 Å². The Morgan fingerprint density at radius 3 is 2.40 bits per heavy atom. The third-order valence-electron chi connectivity index (χ3n) is 2.36. The van der Waals surface area contributed by atoms with Crippen molar-refractivity contribution in [2.24, 2.45) is 0 Å². The molecule has 0 bridgehead atoms. The average Bonchev–Trinajstić information content (AvgIpc) is 2.16. The molecular weight excluding hydrogens is 186 g/mol. The molecule has 0 saturated carbocycles. The molecule has 2 heteroatoms. The van der Waals surface area contributed by atoms with E-state index in [2.05, 4.69) is 19.9 Å². The molecule has 0 aromatic heterocycles. The molecule has 0 spiro atoms. The van der Waals surface area contributed by atoms with Gasteiger partial charge in [0, 0.05) is 5.69 Å². The molecule has 2 nitrogen and oxygen atoms in total. The van der Waals surface area contributed by atoms with Gasteiger partial charge in [0.15, 0.2) is 0 Å². The Bertz CT molecular complexity index is 318. The molecule has 1 aromatic rings. The van der Waals surface area contributed by atoms with Gasteiger partial charge in [0.1, 0.15) is 0 Å². The van der Waals surface area contributed by atoms with Crippen molar-refractivity contribution in [1.82, 2.24) is 0 Å². The highest BCUT2D eigenvalue weighted by molar-refractivity contribution is 5.50. The molecule has 0 aliphatic heterocycles. The molecule has 0 heterocycles. The van der Waals surface area contributed by atoms with Gasteiger partial charge in [-0.05, 0) is 37.0 Å². The molecule has 1 aromatic carbocycles. The highest BCUT2D eigenvalue weighted by Crippen LogP contribution is 2.23. The molecule has 0 radical (unpaired) electrons. The summed E-state index contributed by atoms with van der Waals surface area (Å²) in [5, 5.41) is 0. The van der Waals surface area contributed by atoms with Crippen LogP contribution in [0, 0.1) is 0 Å². The molecule has 84 valence electrons. The molecule has 0 aliphatic carbocycles. The summed E-state index contributed by atoms with van der Waals surface area (Å²) >= 11 is 0. The van der Waals surface area contributed by atoms with Crippen LogP contribution in [-0.4, -0.2) is 6.10 Å². The molecule has 15 heavy (non-hydrogen) atoms. The lowest BCUT2D eigenvalue weighted by molar-refractivity contribution is 0.0657. The Hall–Kier alpha value is -1.02. The van der Waals surface area contributed by atoms with Crippen molar-refractivity contribution in [3.63, 3.8) is 0 Å². The first-order valence-electron chi connectivity index (χ1n) is 5.50. The molecule has 1 rings (SSSR count). The number of benzene rings is 1. The number of rotatable bonds is 4. The summed E-state index contributed by atoms with van der Waals surface area (Å²) in [5.41, 5.74) is 9.18. The van der Waals surface area contributed by atoms with E-state index in [9.17, 15) is 0 Å². The Kier molecular flexibility index (Phi) is 4.15. The van der Waals surface area contributed by atoms with Crippen LogP contribution in [-0.2, 0) is 11.3 Å². The van der Waals surface area contributed by atoms with Crippen LogP contribution in [0.3, 0.4) is 0 Å². The second-order valence-electron chi connectivity index (χ2n) is 4.48. The van der Waals surface area contributed by atoms with Crippen LogP contribution in [0.1, 0.15) is 44.7 Å². The van der Waals surface area contributed by atoms with Gasteiger partial charge in [0.25, 0.3) is 0 Å². The number of ether oxygens (including phenoxy) is 1. The molecule has 0 atom stereocenters. The maximum Gasteiger partial charge on any atom is 0.0720 e. The van der Waals surface area contributed by atoms with Crippen LogP contribution in [0.25, 0.3) is 0 Å². The van der Waals surface area contributed by atoms with E-state index in [1.807, 2.05) is 26.0 Å². The van der Waals surface area contributed by atoms with Crippen LogP contribution < -0.4 is 5.73 Å². The predicted octanol–water partition coefficient (Wildman–Crippen LogP) is 3.32. The number of nitrogens with two attached hydrogens (primary N) is 1. The molecule has 0 saturated heterocycles. The largest absolute Gasteiger partial charge is 0.398 e. The van der Waals surface area contributed by atoms with E-state index >= 15 is 0 Å². The van der Waals surface area contributed by atoms with Gasteiger partial charge in [0.2, 0.25) is 0 Å². The van der Waals surface area contributed by atoms with Crippen molar-refractivity contribution in [3.05, 3.63) is 29.3 Å². The zero-order chi connectivity index (χ0) is 11.4. The van der Waals surface area contributed by atoms with Crippen LogP contribution >= 0.6 is 0 Å². The summed E-state index contributed by atoms with van der Waals surface area (Å²) in [6.07, 6.45) is 0.269. The van der Waals surface area contributed by atoms with Crippen molar-refractivity contribution >= 4 is 5.69 Å². The molecule has 0 aliphatic rings. The molecule has 0 unspecified atom stereocenters. The summed E-state index contributed by atoms with van der Waals surface area (Å²) in [4.78, 5) is 0. The SMILES string of the molecule is CC(C)OCc1ccc(N)c(C(C)C)c1. The number of anilines is 1. The second-order valence-corrected chi connectivity index (χ2v) is 4.48. The fourth-order valence-electron chi connectivity index (χ4n) is 1.48. The third-order valence-corrected chi connectivity index (χ3v) is 2.36. The smallest absolute Gasteiger partial charge is 0.0720 e. The van der Waals surface area contributed by atoms with Gasteiger partial charge in [-0.2, -0.15) is 0 Å². The van der Waals surface area contributed by atoms with Crippen LogP contribution in [0.2, 0.25) is 0 Å². The normalized spacial score (nSPS) is 11.3. The topological polar surface area (TPSA) is 35.2 Å². The zero-order valence-electron chi connectivity index (χ0n) is 10.1. The number of hydrogen-bond donors (Lipinski definition) is 1. The summed E-state index contributed by atoms with van der Waals surface area (Å²) < 4.78 is 5.56. The molecule has 0 amide bonds. The van der Waals surface area contributed by atoms with Crippen LogP contribution in [0.4, 0.5) is 5.69 Å². The highest BCUT2D eigenvalue weighted by atomic mass is 16.5. The Balaban J connectivity index is 2.78. The molecule has 0 fully saturated rings. The van der Waals surface area contributed by atoms with Crippen LogP contribution in [0.15, 0.2) is 18.2 Å². The van der Waals surface area contributed by atoms with Crippen molar-refractivity contribution in [2.45, 2.75) is 46.3 Å². The zero-order valence-corrected chi connectivity index (χ0v) is 10.1. The fraction of sp³-hybridized carbons (Fsp3) is 0.538. The fourth-order valence-corrected chi connectivity index (χ4v) is 1.48. The average molecular weight is 207 g/mol. The lowest BCUT2D eigenvalue weighted by atomic mass is 9.99. The summed E-state index contributed by atoms with van der Waals surface area (Å²) in [6.45, 7) is 9.05. The van der Waals surface area contributed by atoms with Gasteiger partial charge in [0.05, 0.1) is 12.7 Å². The van der Waals surface area contributed by atoms with Gasteiger partial charge in [-0.25, -0.2) is 0 Å². The summed E-state index contributed by atoms with van der Waals surface area (Å²) in [7, 11) is 0. The third kappa shape index (κ3) is 3.56. The van der Waals surface area contributed by atoms with E-state index in [0.717, 1.165) is 5.69 Å². The lowest BCUT2D eigenvalue weighted by Gasteiger charge is -2.13. The molecule has 2 N–H and O–H groups in total. The van der Waals surface area contributed by atoms with Crippen LogP contribution in [0.5, 0.6) is 0 Å². The number of nitrogen functional groups attached to an aromatic ring is 1. The summed E-state index contributed by atoms with van der Waals surface area (Å²) in [6, 6.07) is 6.14. The van der Waals surface area contributed by atoms with E-state index < -0.39 is 0 Å². The second kappa shape index (κ2) is 5.17. The minimum absolute atomic E-state index is 0.269. The van der Waals surface area contributed by atoms with Crippen molar-refractivity contribution in [2.75, 3.05) is 5.73 Å². The Morgan fingerprint density at radius 1 is 1.20 bits per heavy atom. The van der Waals surface area contributed by atoms with Gasteiger partial charge >= 0.3 is 0 Å². The van der Waals surface area contributed by atoms with E-state index in [1.165, 1.54) is 11.1 Å². The summed E-state index contributed by atoms with van der Waals surface area (Å²) in [5.74, 6) is 0.462. The molecular formula is C13H21NO. The van der Waals surface area contributed by atoms with E-state index in [1.54, 1.807) is 0 Å². The van der Waals surface area contributed by atoms with Gasteiger partial charge in [-0.15, -0.1) is 0 Å². The first-order valence-corrected chi connectivity index (χ1v) is 5.50. The van der Waals surface area contributed by atoms with Crippen molar-refractivity contribution < 1.29 is 4.74 Å². The minimum atomic E-state index is 0.269. The monoisotopic (exact) mass is 207 g/mol. The van der Waals surface area contributed by atoms with Gasteiger partial charge in [-0.3, -0.25) is 0 Å². The Morgan fingerprint density at radius 2 is 1.87 bits per heavy atom. The first-order chi connectivity index (χ1) is 7.00. The minimum Gasteiger partial charge on any atom is -0.398 e. The lowest BCUT2D eigenvalue weighted by Crippen LogP contribution is -2.04. The maximum absolute atomic E-state index is 5.91. The van der Waals surface area contributed by atoms with E-state index in [4.69, 9.17) is 10.5 Å². The Labute approximate surface area is 92.4 Å². The number of hydrogen-bond acceptors (Lipinski definition) is 2. The predicted molar refractivity (Wildman–Crippen MR) is 64.9 cm³/mol. The maximum atomic E-state index is 5.91. The highest BCUT2D eigenvalue weighted by Gasteiger charge is 2.05. The first kappa shape index (κ1) is 12.1. The van der Waals surface area contributed by atoms with Gasteiger partial charge < -0.3 is 10.5 Å². The van der Waals surface area contributed by atoms with E-state index in [0.29, 0.717) is 12.5 Å². The quantitative estimate of drug-likeness (QED) is 0.769. The van der Waals surface area contributed by atoms with Crippen molar-refractivity contribution in [3.8, 4) is 0 Å². The van der Waals surface area contributed by atoms with Crippen molar-refractivity contribution in [1.29, 1.82) is 0 Å². The van der Waals surface area contributed by atoms with Gasteiger partial charge in [-0.1, -0.05) is 26.0 Å².